The molecule has 7 heteroatoms. The molecule has 0 aromatic carbocycles. The minimum Gasteiger partial charge on any atom is -0.465 e. The maximum Gasteiger partial charge on any atom is 0.408 e. The molecule has 0 spiro atoms. The van der Waals surface area contributed by atoms with Crippen LogP contribution in [-0.2, 0) is 0 Å². The predicted molar refractivity (Wildman–Crippen MR) is 106 cm³/mol. The summed E-state index contributed by atoms with van der Waals surface area (Å²) in [6.45, 7) is 10.8. The van der Waals surface area contributed by atoms with E-state index >= 15 is 0 Å². The van der Waals surface area contributed by atoms with E-state index in [0.717, 1.165) is 28.8 Å². The molecule has 0 saturated carbocycles. The molecule has 1 aromatic rings. The zero-order valence-electron chi connectivity index (χ0n) is 15.5. The van der Waals surface area contributed by atoms with Crippen LogP contribution in [-0.4, -0.2) is 43.4 Å². The van der Waals surface area contributed by atoms with E-state index in [1.54, 1.807) is 4.90 Å². The van der Waals surface area contributed by atoms with Crippen molar-refractivity contribution in [2.75, 3.05) is 5.32 Å². The number of nitrogens with one attached hydrogen (secondary N) is 1. The fourth-order valence-corrected chi connectivity index (χ4v) is 5.87. The Morgan fingerprint density at radius 1 is 1.32 bits per heavy atom. The molecule has 2 fully saturated rings. The number of carbonyl (C=O) groups is 1. The van der Waals surface area contributed by atoms with Crippen molar-refractivity contribution in [1.29, 1.82) is 0 Å². The second kappa shape index (κ2) is 5.96. The summed E-state index contributed by atoms with van der Waals surface area (Å²) in [7, 11) is 0. The van der Waals surface area contributed by atoms with Gasteiger partial charge in [0.15, 0.2) is 0 Å². The van der Waals surface area contributed by atoms with Crippen molar-refractivity contribution >= 4 is 34.5 Å². The maximum atomic E-state index is 12.1. The van der Waals surface area contributed by atoms with Crippen LogP contribution in [0, 0.1) is 15.0 Å². The first-order chi connectivity index (χ1) is 11.5. The summed E-state index contributed by atoms with van der Waals surface area (Å²) >= 11 is 2.14. The molecule has 2 N–H and O–H groups in total. The molecule has 2 aliphatic heterocycles. The molecule has 4 atom stereocenters. The minimum absolute atomic E-state index is 0.0393. The van der Waals surface area contributed by atoms with Gasteiger partial charge >= 0.3 is 6.09 Å². The fraction of sp³-hybridized carbons (Fsp3) is 0.722. The number of nitrogens with zero attached hydrogens (tertiary/aromatic N) is 3. The number of hydrogen-bond acceptors (Lipinski definition) is 4. The summed E-state index contributed by atoms with van der Waals surface area (Å²) in [5.74, 6) is 0.933. The van der Waals surface area contributed by atoms with E-state index in [0.29, 0.717) is 0 Å². The van der Waals surface area contributed by atoms with Crippen LogP contribution in [0.5, 0.6) is 0 Å². The summed E-state index contributed by atoms with van der Waals surface area (Å²) in [5, 5.41) is 21.9. The van der Waals surface area contributed by atoms with Crippen LogP contribution < -0.4 is 5.32 Å². The van der Waals surface area contributed by atoms with E-state index in [9.17, 15) is 9.90 Å². The van der Waals surface area contributed by atoms with Gasteiger partial charge in [-0.1, -0.05) is 20.8 Å². The number of amides is 1. The highest BCUT2D eigenvalue weighted by molar-refractivity contribution is 14.1. The number of hydrogen-bond donors (Lipinski definition) is 2. The Morgan fingerprint density at radius 2 is 2.00 bits per heavy atom. The van der Waals surface area contributed by atoms with Crippen molar-refractivity contribution in [3.63, 3.8) is 0 Å². The fourth-order valence-electron chi connectivity index (χ4n) is 5.58. The summed E-state index contributed by atoms with van der Waals surface area (Å²) < 4.78 is 0.857. The molecule has 3 heterocycles. The lowest BCUT2D eigenvalue weighted by Crippen LogP contribution is -2.68. The number of halogens is 1. The van der Waals surface area contributed by atoms with E-state index in [1.807, 2.05) is 12.1 Å². The van der Waals surface area contributed by atoms with Crippen LogP contribution in [0.2, 0.25) is 0 Å². The number of fused-ring (bicyclic) bond motifs is 2. The SMILES string of the molecule is CC(C)(C)C1C(Nc2ccc(I)nn2)CC2(C)CCC1(C)N2C(=O)O. The Hall–Kier alpha value is -1.12. The van der Waals surface area contributed by atoms with Crippen molar-refractivity contribution in [2.45, 2.75) is 71.0 Å². The monoisotopic (exact) mass is 458 g/mol. The number of carboxylic acid groups (broad SMARTS) is 1. The molecule has 3 rings (SSSR count). The summed E-state index contributed by atoms with van der Waals surface area (Å²) in [4.78, 5) is 13.8. The highest BCUT2D eigenvalue weighted by atomic mass is 127. The van der Waals surface area contributed by atoms with Gasteiger partial charge in [0.2, 0.25) is 0 Å². The van der Waals surface area contributed by atoms with Gasteiger partial charge in [0.25, 0.3) is 0 Å². The molecule has 0 aliphatic carbocycles. The highest BCUT2D eigenvalue weighted by Crippen LogP contribution is 2.57. The zero-order valence-corrected chi connectivity index (χ0v) is 17.7. The second-order valence-electron chi connectivity index (χ2n) is 9.01. The van der Waals surface area contributed by atoms with Crippen LogP contribution >= 0.6 is 22.6 Å². The van der Waals surface area contributed by atoms with Crippen LogP contribution in [0.25, 0.3) is 0 Å². The van der Waals surface area contributed by atoms with Crippen molar-refractivity contribution in [1.82, 2.24) is 15.1 Å². The lowest BCUT2D eigenvalue weighted by Gasteiger charge is -2.58. The first kappa shape index (κ1) is 18.7. The molecule has 2 aliphatic rings. The van der Waals surface area contributed by atoms with Crippen LogP contribution in [0.4, 0.5) is 10.6 Å². The quantitative estimate of drug-likeness (QED) is 0.649. The van der Waals surface area contributed by atoms with E-state index in [2.05, 4.69) is 72.7 Å². The van der Waals surface area contributed by atoms with E-state index in [-0.39, 0.29) is 28.5 Å². The third-order valence-electron chi connectivity index (χ3n) is 6.04. The molecule has 2 saturated heterocycles. The van der Waals surface area contributed by atoms with E-state index < -0.39 is 6.09 Å². The maximum absolute atomic E-state index is 12.1. The summed E-state index contributed by atoms with van der Waals surface area (Å²) in [5.41, 5.74) is -0.759. The third-order valence-corrected chi connectivity index (χ3v) is 6.62. The summed E-state index contributed by atoms with van der Waals surface area (Å²) in [6.07, 6.45) is 1.78. The van der Waals surface area contributed by atoms with Crippen molar-refractivity contribution < 1.29 is 9.90 Å². The topological polar surface area (TPSA) is 78.4 Å². The molecule has 25 heavy (non-hydrogen) atoms. The van der Waals surface area contributed by atoms with Crippen molar-refractivity contribution in [2.24, 2.45) is 11.3 Å². The highest BCUT2D eigenvalue weighted by Gasteiger charge is 2.64. The number of anilines is 1. The van der Waals surface area contributed by atoms with Crippen molar-refractivity contribution in [3.05, 3.63) is 15.8 Å². The lowest BCUT2D eigenvalue weighted by atomic mass is 9.62. The Kier molecular flexibility index (Phi) is 4.45. The smallest absolute Gasteiger partial charge is 0.408 e. The molecule has 2 bridgehead atoms. The Morgan fingerprint density at radius 3 is 2.52 bits per heavy atom. The van der Waals surface area contributed by atoms with Gasteiger partial charge < -0.3 is 10.4 Å². The van der Waals surface area contributed by atoms with Crippen LogP contribution in [0.15, 0.2) is 12.1 Å². The average molecular weight is 458 g/mol. The second-order valence-corrected chi connectivity index (χ2v) is 10.1. The molecule has 4 unspecified atom stereocenters. The normalized spacial score (nSPS) is 34.9. The Labute approximate surface area is 162 Å². The summed E-state index contributed by atoms with van der Waals surface area (Å²) in [6, 6.07) is 4.04. The Balaban J connectivity index is 2.01. The van der Waals surface area contributed by atoms with Gasteiger partial charge in [0, 0.05) is 23.0 Å². The zero-order chi connectivity index (χ0) is 18.6. The molecular weight excluding hydrogens is 431 g/mol. The number of aromatic nitrogens is 2. The molecule has 138 valence electrons. The standard InChI is InChI=1S/C18H27IN4O2/c1-16(2,3)14-11(20-13-7-6-12(19)21-22-13)10-17(4)8-9-18(14,5)23(17)15(24)25/h6-7,11,14H,8-10H2,1-5H3,(H,20,22)(H,24,25). The van der Waals surface area contributed by atoms with Gasteiger partial charge in [0.05, 0.1) is 0 Å². The van der Waals surface area contributed by atoms with Gasteiger partial charge in [-0.05, 0) is 73.2 Å². The van der Waals surface area contributed by atoms with Gasteiger partial charge in [-0.15, -0.1) is 10.2 Å². The lowest BCUT2D eigenvalue weighted by molar-refractivity contribution is -0.0564. The molecule has 1 aromatic heterocycles. The molecule has 6 nitrogen and oxygen atoms in total. The van der Waals surface area contributed by atoms with Gasteiger partial charge in [-0.2, -0.15) is 0 Å². The largest absolute Gasteiger partial charge is 0.465 e. The van der Waals surface area contributed by atoms with Gasteiger partial charge in [0.1, 0.15) is 9.52 Å². The average Bonchev–Trinajstić information content (AvgIpc) is 2.65. The van der Waals surface area contributed by atoms with Crippen LogP contribution in [0.1, 0.15) is 53.9 Å². The van der Waals surface area contributed by atoms with Crippen LogP contribution in [0.3, 0.4) is 0 Å². The minimum atomic E-state index is -0.802. The molecule has 0 radical (unpaired) electrons. The Bertz CT molecular complexity index is 675. The van der Waals surface area contributed by atoms with Gasteiger partial charge in [-0.3, -0.25) is 4.90 Å². The first-order valence-electron chi connectivity index (χ1n) is 8.76. The van der Waals surface area contributed by atoms with E-state index in [1.165, 1.54) is 0 Å². The van der Waals surface area contributed by atoms with Crippen molar-refractivity contribution in [3.8, 4) is 0 Å². The van der Waals surface area contributed by atoms with E-state index in [4.69, 9.17) is 0 Å². The predicted octanol–water partition coefficient (Wildman–Crippen LogP) is 4.22. The third kappa shape index (κ3) is 3.08. The molecular formula is C18H27IN4O2. The number of rotatable bonds is 2. The number of piperidine rings is 1. The first-order valence-corrected chi connectivity index (χ1v) is 9.84. The van der Waals surface area contributed by atoms with Gasteiger partial charge in [-0.25, -0.2) is 4.79 Å². The molecule has 1 amide bonds.